The van der Waals surface area contributed by atoms with E-state index in [9.17, 15) is 13.2 Å². The van der Waals surface area contributed by atoms with Crippen LogP contribution in [-0.4, -0.2) is 32.4 Å². The fraction of sp³-hybridized carbons (Fsp3) is 0.471. The average molecular weight is 321 g/mol. The van der Waals surface area contributed by atoms with Crippen LogP contribution in [0.15, 0.2) is 42.0 Å². The lowest BCUT2D eigenvalue weighted by Gasteiger charge is -2.08. The molecular formula is C17H23NO3S. The number of aryl methyl sites for hydroxylation is 1. The molecule has 22 heavy (non-hydrogen) atoms. The summed E-state index contributed by atoms with van der Waals surface area (Å²) in [4.78, 5) is 11.8. The maximum Gasteiger partial charge on any atom is 0.243 e. The number of allylic oxidation sites excluding steroid dienone is 1. The number of rotatable bonds is 6. The topological polar surface area (TPSA) is 63.2 Å². The molecule has 1 fully saturated rings. The molecule has 0 aliphatic carbocycles. The van der Waals surface area contributed by atoms with E-state index in [0.717, 1.165) is 18.4 Å². The molecule has 0 saturated carbocycles. The third-order valence-electron chi connectivity index (χ3n) is 3.92. The van der Waals surface area contributed by atoms with Crippen molar-refractivity contribution in [2.75, 3.05) is 18.1 Å². The second-order valence-corrected chi connectivity index (χ2v) is 8.22. The van der Waals surface area contributed by atoms with Gasteiger partial charge in [0.05, 0.1) is 11.5 Å². The van der Waals surface area contributed by atoms with Gasteiger partial charge in [-0.2, -0.15) is 0 Å². The zero-order valence-corrected chi connectivity index (χ0v) is 13.7. The van der Waals surface area contributed by atoms with Gasteiger partial charge in [-0.05, 0) is 37.7 Å². The van der Waals surface area contributed by atoms with Crippen molar-refractivity contribution in [3.8, 4) is 0 Å². The molecule has 4 nitrogen and oxygen atoms in total. The third kappa shape index (κ3) is 5.64. The van der Waals surface area contributed by atoms with Crippen molar-refractivity contribution in [2.24, 2.45) is 5.92 Å². The lowest BCUT2D eigenvalue weighted by molar-refractivity contribution is -0.116. The number of benzene rings is 1. The van der Waals surface area contributed by atoms with Gasteiger partial charge in [-0.15, -0.1) is 0 Å². The summed E-state index contributed by atoms with van der Waals surface area (Å²) in [6.07, 6.45) is 4.03. The summed E-state index contributed by atoms with van der Waals surface area (Å²) in [5, 5.41) is 2.81. The van der Waals surface area contributed by atoms with Gasteiger partial charge in [-0.1, -0.05) is 35.9 Å². The van der Waals surface area contributed by atoms with Crippen LogP contribution in [0, 0.1) is 5.92 Å². The van der Waals surface area contributed by atoms with Gasteiger partial charge in [-0.3, -0.25) is 4.79 Å². The highest BCUT2D eigenvalue weighted by molar-refractivity contribution is 7.91. The lowest BCUT2D eigenvalue weighted by Crippen LogP contribution is -2.28. The SMILES string of the molecule is CC(=CC(=O)NCC1CCS(=O)(=O)C1)CCc1ccccc1. The normalized spacial score (nSPS) is 20.8. The van der Waals surface area contributed by atoms with Gasteiger partial charge in [0.1, 0.15) is 0 Å². The van der Waals surface area contributed by atoms with Gasteiger partial charge in [0.15, 0.2) is 9.84 Å². The smallest absolute Gasteiger partial charge is 0.243 e. The number of sulfone groups is 1. The molecule has 0 radical (unpaired) electrons. The summed E-state index contributed by atoms with van der Waals surface area (Å²) < 4.78 is 22.7. The molecule has 0 spiro atoms. The van der Waals surface area contributed by atoms with Gasteiger partial charge in [0.25, 0.3) is 0 Å². The highest BCUT2D eigenvalue weighted by Crippen LogP contribution is 2.17. The highest BCUT2D eigenvalue weighted by atomic mass is 32.2. The molecule has 1 aliphatic heterocycles. The van der Waals surface area contributed by atoms with Crippen molar-refractivity contribution >= 4 is 15.7 Å². The van der Waals surface area contributed by atoms with Crippen molar-refractivity contribution in [3.63, 3.8) is 0 Å². The zero-order chi connectivity index (χ0) is 16.0. The quantitative estimate of drug-likeness (QED) is 0.816. The fourth-order valence-electron chi connectivity index (χ4n) is 2.61. The van der Waals surface area contributed by atoms with Crippen LogP contribution >= 0.6 is 0 Å². The first-order chi connectivity index (χ1) is 10.4. The van der Waals surface area contributed by atoms with Crippen molar-refractivity contribution < 1.29 is 13.2 Å². The van der Waals surface area contributed by atoms with E-state index in [1.54, 1.807) is 6.08 Å². The highest BCUT2D eigenvalue weighted by Gasteiger charge is 2.27. The molecule has 1 aromatic carbocycles. The third-order valence-corrected chi connectivity index (χ3v) is 5.76. The predicted octanol–water partition coefficient (Wildman–Crippen LogP) is 2.12. The number of carbonyl (C=O) groups is 1. The maximum atomic E-state index is 11.8. The maximum absolute atomic E-state index is 11.8. The Kier molecular flexibility index (Phi) is 5.77. The molecule has 1 atom stereocenters. The largest absolute Gasteiger partial charge is 0.352 e. The first-order valence-corrected chi connectivity index (χ1v) is 9.46. The van der Waals surface area contributed by atoms with Crippen LogP contribution in [0.3, 0.4) is 0 Å². The first kappa shape index (κ1) is 16.7. The number of hydrogen-bond donors (Lipinski definition) is 1. The standard InChI is InChI=1S/C17H23NO3S/c1-14(7-8-15-5-3-2-4-6-15)11-17(19)18-12-16-9-10-22(20,21)13-16/h2-6,11,16H,7-10,12-13H2,1H3,(H,18,19). The van der Waals surface area contributed by atoms with E-state index in [2.05, 4.69) is 17.4 Å². The summed E-state index contributed by atoms with van der Waals surface area (Å²) in [6, 6.07) is 10.2. The molecule has 1 N–H and O–H groups in total. The molecule has 1 heterocycles. The van der Waals surface area contributed by atoms with Crippen LogP contribution in [0.25, 0.3) is 0 Å². The number of amides is 1. The second-order valence-electron chi connectivity index (χ2n) is 5.99. The molecule has 0 bridgehead atoms. The lowest BCUT2D eigenvalue weighted by atomic mass is 10.1. The second kappa shape index (κ2) is 7.58. The molecule has 2 rings (SSSR count). The van der Waals surface area contributed by atoms with Crippen LogP contribution < -0.4 is 5.32 Å². The Morgan fingerprint density at radius 1 is 1.32 bits per heavy atom. The van der Waals surface area contributed by atoms with Gasteiger partial charge < -0.3 is 5.32 Å². The Bertz CT molecular complexity index is 635. The van der Waals surface area contributed by atoms with Crippen LogP contribution in [0.2, 0.25) is 0 Å². The molecular weight excluding hydrogens is 298 g/mol. The summed E-state index contributed by atoms with van der Waals surface area (Å²) >= 11 is 0. The molecule has 1 aliphatic rings. The summed E-state index contributed by atoms with van der Waals surface area (Å²) in [7, 11) is -2.87. The summed E-state index contributed by atoms with van der Waals surface area (Å²) in [6.45, 7) is 2.39. The average Bonchev–Trinajstić information content (AvgIpc) is 2.83. The first-order valence-electron chi connectivity index (χ1n) is 7.64. The van der Waals surface area contributed by atoms with Gasteiger partial charge in [-0.25, -0.2) is 8.42 Å². The Balaban J connectivity index is 1.73. The van der Waals surface area contributed by atoms with Gasteiger partial charge >= 0.3 is 0 Å². The van der Waals surface area contributed by atoms with Gasteiger partial charge in [0.2, 0.25) is 5.91 Å². The van der Waals surface area contributed by atoms with E-state index in [-0.39, 0.29) is 23.3 Å². The number of hydrogen-bond acceptors (Lipinski definition) is 3. The Morgan fingerprint density at radius 3 is 2.68 bits per heavy atom. The van der Waals surface area contributed by atoms with Crippen LogP contribution in [0.5, 0.6) is 0 Å². The molecule has 0 aromatic heterocycles. The molecule has 1 amide bonds. The van der Waals surface area contributed by atoms with Gasteiger partial charge in [0, 0.05) is 12.6 Å². The van der Waals surface area contributed by atoms with Crippen molar-refractivity contribution in [2.45, 2.75) is 26.2 Å². The zero-order valence-electron chi connectivity index (χ0n) is 12.9. The monoisotopic (exact) mass is 321 g/mol. The van der Waals surface area contributed by atoms with Crippen molar-refractivity contribution in [3.05, 3.63) is 47.5 Å². The Hall–Kier alpha value is -1.62. The summed E-state index contributed by atoms with van der Waals surface area (Å²) in [5.41, 5.74) is 2.28. The molecule has 1 aromatic rings. The summed E-state index contributed by atoms with van der Waals surface area (Å²) in [5.74, 6) is 0.380. The molecule has 1 saturated heterocycles. The van der Waals surface area contributed by atoms with E-state index in [0.29, 0.717) is 13.0 Å². The molecule has 5 heteroatoms. The molecule has 1 unspecified atom stereocenters. The predicted molar refractivity (Wildman–Crippen MR) is 88.3 cm³/mol. The van der Waals surface area contributed by atoms with E-state index in [4.69, 9.17) is 0 Å². The van der Waals surface area contributed by atoms with Crippen LogP contribution in [0.4, 0.5) is 0 Å². The minimum atomic E-state index is -2.87. The molecule has 120 valence electrons. The van der Waals surface area contributed by atoms with Crippen LogP contribution in [-0.2, 0) is 21.1 Å². The van der Waals surface area contributed by atoms with Crippen LogP contribution in [0.1, 0.15) is 25.3 Å². The van der Waals surface area contributed by atoms with Crippen molar-refractivity contribution in [1.82, 2.24) is 5.32 Å². The number of carbonyl (C=O) groups excluding carboxylic acids is 1. The van der Waals surface area contributed by atoms with E-state index >= 15 is 0 Å². The number of nitrogens with one attached hydrogen (secondary N) is 1. The Morgan fingerprint density at radius 2 is 2.05 bits per heavy atom. The van der Waals surface area contributed by atoms with E-state index < -0.39 is 9.84 Å². The van der Waals surface area contributed by atoms with E-state index in [1.165, 1.54) is 5.56 Å². The Labute approximate surface area is 132 Å². The minimum Gasteiger partial charge on any atom is -0.352 e. The van der Waals surface area contributed by atoms with Crippen molar-refractivity contribution in [1.29, 1.82) is 0 Å². The minimum absolute atomic E-state index is 0.0620. The fourth-order valence-corrected chi connectivity index (χ4v) is 4.47. The van der Waals surface area contributed by atoms with E-state index in [1.807, 2.05) is 25.1 Å².